The minimum atomic E-state index is 0.296. The van der Waals surface area contributed by atoms with Crippen LogP contribution in [0.5, 0.6) is 0 Å². The van der Waals surface area contributed by atoms with Crippen molar-refractivity contribution in [3.8, 4) is 12.3 Å². The molecule has 0 saturated heterocycles. The summed E-state index contributed by atoms with van der Waals surface area (Å²) in [5.41, 5.74) is 1.38. The number of rotatable bonds is 2. The van der Waals surface area contributed by atoms with Gasteiger partial charge in [0.05, 0.1) is 0 Å². The van der Waals surface area contributed by atoms with Crippen LogP contribution >= 0.6 is 0 Å². The van der Waals surface area contributed by atoms with Crippen LogP contribution in [-0.4, -0.2) is 0 Å². The summed E-state index contributed by atoms with van der Waals surface area (Å²) in [5.74, 6) is 2.95. The minimum Gasteiger partial charge on any atom is -0.119 e. The van der Waals surface area contributed by atoms with Gasteiger partial charge in [-0.15, -0.1) is 6.42 Å². The molecule has 0 spiro atoms. The van der Waals surface area contributed by atoms with E-state index in [4.69, 9.17) is 6.42 Å². The van der Waals surface area contributed by atoms with Crippen LogP contribution in [0, 0.1) is 18.3 Å². The van der Waals surface area contributed by atoms with Gasteiger partial charge in [-0.1, -0.05) is 24.5 Å². The van der Waals surface area contributed by atoms with E-state index in [0.29, 0.717) is 5.92 Å². The standard InChI is InChI=1S/C9H14/c1-5-8(3)7-9(4)6-2/h1,7-8H,6H2,2-4H3. The average Bonchev–Trinajstić information content (AvgIpc) is 1.87. The Morgan fingerprint density at radius 2 is 2.33 bits per heavy atom. The van der Waals surface area contributed by atoms with Gasteiger partial charge in [0.25, 0.3) is 0 Å². The lowest BCUT2D eigenvalue weighted by Gasteiger charge is -1.96. The van der Waals surface area contributed by atoms with Crippen LogP contribution in [0.1, 0.15) is 27.2 Å². The first-order valence-corrected chi connectivity index (χ1v) is 3.34. The molecule has 0 amide bonds. The van der Waals surface area contributed by atoms with Gasteiger partial charge in [0.15, 0.2) is 0 Å². The van der Waals surface area contributed by atoms with Crippen molar-refractivity contribution in [2.75, 3.05) is 0 Å². The van der Waals surface area contributed by atoms with Crippen molar-refractivity contribution >= 4 is 0 Å². The lowest BCUT2D eigenvalue weighted by atomic mass is 10.1. The van der Waals surface area contributed by atoms with Crippen LogP contribution < -0.4 is 0 Å². The van der Waals surface area contributed by atoms with Crippen molar-refractivity contribution in [3.05, 3.63) is 11.6 Å². The monoisotopic (exact) mass is 122 g/mol. The molecule has 0 N–H and O–H groups in total. The van der Waals surface area contributed by atoms with Crippen LogP contribution in [-0.2, 0) is 0 Å². The van der Waals surface area contributed by atoms with Gasteiger partial charge in [0, 0.05) is 5.92 Å². The zero-order valence-corrected chi connectivity index (χ0v) is 6.44. The maximum absolute atomic E-state index is 5.18. The lowest BCUT2D eigenvalue weighted by molar-refractivity contribution is 0.939. The molecule has 0 aromatic heterocycles. The molecule has 0 saturated carbocycles. The van der Waals surface area contributed by atoms with Crippen molar-refractivity contribution in [2.45, 2.75) is 27.2 Å². The van der Waals surface area contributed by atoms with E-state index in [1.807, 2.05) is 6.92 Å². The fourth-order valence-corrected chi connectivity index (χ4v) is 0.593. The molecule has 0 radical (unpaired) electrons. The second-order valence-electron chi connectivity index (χ2n) is 2.32. The molecule has 0 fully saturated rings. The van der Waals surface area contributed by atoms with E-state index in [2.05, 4.69) is 25.8 Å². The van der Waals surface area contributed by atoms with E-state index in [-0.39, 0.29) is 0 Å². The first-order chi connectivity index (χ1) is 4.20. The van der Waals surface area contributed by atoms with Crippen LogP contribution in [0.25, 0.3) is 0 Å². The molecule has 0 aromatic rings. The fraction of sp³-hybridized carbons (Fsp3) is 0.556. The molecule has 9 heavy (non-hydrogen) atoms. The van der Waals surface area contributed by atoms with Crippen molar-refractivity contribution in [1.82, 2.24) is 0 Å². The zero-order chi connectivity index (χ0) is 7.28. The topological polar surface area (TPSA) is 0 Å². The molecular weight excluding hydrogens is 108 g/mol. The van der Waals surface area contributed by atoms with Crippen molar-refractivity contribution in [2.24, 2.45) is 5.92 Å². The Bertz CT molecular complexity index is 135. The Hall–Kier alpha value is -0.700. The van der Waals surface area contributed by atoms with E-state index in [9.17, 15) is 0 Å². The van der Waals surface area contributed by atoms with Gasteiger partial charge in [-0.25, -0.2) is 0 Å². The smallest absolute Gasteiger partial charge is 0.0354 e. The quantitative estimate of drug-likeness (QED) is 0.390. The number of hydrogen-bond acceptors (Lipinski definition) is 0. The molecule has 0 heteroatoms. The highest BCUT2D eigenvalue weighted by atomic mass is 13.9. The third kappa shape index (κ3) is 3.85. The van der Waals surface area contributed by atoms with Crippen molar-refractivity contribution < 1.29 is 0 Å². The second kappa shape index (κ2) is 4.21. The van der Waals surface area contributed by atoms with Crippen LogP contribution in [0.3, 0.4) is 0 Å². The number of hydrogen-bond donors (Lipinski definition) is 0. The maximum atomic E-state index is 5.18. The summed E-state index contributed by atoms with van der Waals surface area (Å²) in [6.07, 6.45) is 8.41. The van der Waals surface area contributed by atoms with E-state index in [1.54, 1.807) is 0 Å². The lowest BCUT2D eigenvalue weighted by Crippen LogP contribution is -1.84. The largest absolute Gasteiger partial charge is 0.119 e. The van der Waals surface area contributed by atoms with Crippen molar-refractivity contribution in [1.29, 1.82) is 0 Å². The Morgan fingerprint density at radius 1 is 1.78 bits per heavy atom. The SMILES string of the molecule is C#CC(C)C=C(C)CC. The molecule has 1 unspecified atom stereocenters. The molecule has 1 atom stereocenters. The van der Waals surface area contributed by atoms with Gasteiger partial charge in [0.2, 0.25) is 0 Å². The summed E-state index contributed by atoms with van der Waals surface area (Å²) in [6, 6.07) is 0. The molecular formula is C9H14. The summed E-state index contributed by atoms with van der Waals surface area (Å²) in [7, 11) is 0. The highest BCUT2D eigenvalue weighted by Gasteiger charge is 1.89. The third-order valence-electron chi connectivity index (χ3n) is 1.36. The molecule has 0 aromatic carbocycles. The molecule has 0 nitrogen and oxygen atoms in total. The van der Waals surface area contributed by atoms with Gasteiger partial charge in [-0.2, -0.15) is 0 Å². The highest BCUT2D eigenvalue weighted by molar-refractivity contribution is 5.08. The second-order valence-corrected chi connectivity index (χ2v) is 2.32. The van der Waals surface area contributed by atoms with Gasteiger partial charge in [-0.3, -0.25) is 0 Å². The Morgan fingerprint density at radius 3 is 2.67 bits per heavy atom. The third-order valence-corrected chi connectivity index (χ3v) is 1.36. The van der Waals surface area contributed by atoms with E-state index >= 15 is 0 Å². The summed E-state index contributed by atoms with van der Waals surface area (Å²) in [4.78, 5) is 0. The average molecular weight is 122 g/mol. The number of allylic oxidation sites excluding steroid dienone is 2. The summed E-state index contributed by atoms with van der Waals surface area (Å²) < 4.78 is 0. The van der Waals surface area contributed by atoms with Gasteiger partial charge >= 0.3 is 0 Å². The summed E-state index contributed by atoms with van der Waals surface area (Å²) in [5, 5.41) is 0. The maximum Gasteiger partial charge on any atom is 0.0354 e. The van der Waals surface area contributed by atoms with E-state index in [0.717, 1.165) is 6.42 Å². The predicted molar refractivity (Wildman–Crippen MR) is 42.0 cm³/mol. The summed E-state index contributed by atoms with van der Waals surface area (Å²) in [6.45, 7) is 6.27. The minimum absolute atomic E-state index is 0.296. The van der Waals surface area contributed by atoms with Crippen LogP contribution in [0.15, 0.2) is 11.6 Å². The Kier molecular flexibility index (Phi) is 3.88. The van der Waals surface area contributed by atoms with Crippen LogP contribution in [0.2, 0.25) is 0 Å². The van der Waals surface area contributed by atoms with Gasteiger partial charge in [-0.05, 0) is 20.3 Å². The molecule has 0 rings (SSSR count). The van der Waals surface area contributed by atoms with E-state index in [1.165, 1.54) is 5.57 Å². The van der Waals surface area contributed by atoms with Crippen LogP contribution in [0.4, 0.5) is 0 Å². The Labute approximate surface area is 58.0 Å². The van der Waals surface area contributed by atoms with Crippen molar-refractivity contribution in [3.63, 3.8) is 0 Å². The molecule has 0 aliphatic carbocycles. The normalized spacial score (nSPS) is 14.7. The van der Waals surface area contributed by atoms with Gasteiger partial charge in [0.1, 0.15) is 0 Å². The summed E-state index contributed by atoms with van der Waals surface area (Å²) >= 11 is 0. The molecule has 50 valence electrons. The van der Waals surface area contributed by atoms with E-state index < -0.39 is 0 Å². The first kappa shape index (κ1) is 8.30. The number of terminal acetylenes is 1. The molecule has 0 aliphatic heterocycles. The molecule has 0 aliphatic rings. The van der Waals surface area contributed by atoms with Gasteiger partial charge < -0.3 is 0 Å². The fourth-order valence-electron chi connectivity index (χ4n) is 0.593. The molecule has 0 bridgehead atoms. The zero-order valence-electron chi connectivity index (χ0n) is 6.44. The molecule has 0 heterocycles. The first-order valence-electron chi connectivity index (χ1n) is 3.34. The highest BCUT2D eigenvalue weighted by Crippen LogP contribution is 2.03. The Balaban J connectivity index is 3.83. The predicted octanol–water partition coefficient (Wildman–Crippen LogP) is 2.61.